The monoisotopic (exact) mass is 378 g/mol. The first-order valence-electron chi connectivity index (χ1n) is 7.28. The van der Waals surface area contributed by atoms with Crippen molar-refractivity contribution in [3.63, 3.8) is 0 Å². The molecule has 0 atom stereocenters. The molecule has 0 heterocycles. The zero-order valence-corrected chi connectivity index (χ0v) is 17.9. The molecule has 0 aromatic heterocycles. The summed E-state index contributed by atoms with van der Waals surface area (Å²) in [6.45, 7) is 19.5. The van der Waals surface area contributed by atoms with Crippen LogP contribution in [0.3, 0.4) is 0 Å². The normalized spacial score (nSPS) is 7.74. The van der Waals surface area contributed by atoms with Gasteiger partial charge in [-0.1, -0.05) is 0 Å². The Morgan fingerprint density at radius 2 is 0.565 bits per heavy atom. The van der Waals surface area contributed by atoms with Gasteiger partial charge in [0.05, 0.1) is 13.2 Å². The van der Waals surface area contributed by atoms with Crippen LogP contribution >= 0.6 is 0 Å². The average Bonchev–Trinajstić information content (AvgIpc) is 2.28. The van der Waals surface area contributed by atoms with E-state index in [9.17, 15) is 0 Å². The SMILES string of the molecule is C=C.CC(C)O.CC(C)O.CC(C)O.CC(C)O.OCCO.[Ti]. The second-order valence-electron chi connectivity index (χ2n) is 4.82. The Balaban J connectivity index is -0.0000000268. The van der Waals surface area contributed by atoms with Gasteiger partial charge in [-0.15, -0.1) is 13.2 Å². The van der Waals surface area contributed by atoms with Gasteiger partial charge < -0.3 is 30.6 Å². The van der Waals surface area contributed by atoms with Crippen molar-refractivity contribution in [2.75, 3.05) is 13.2 Å². The van der Waals surface area contributed by atoms with Crippen LogP contribution in [-0.4, -0.2) is 68.3 Å². The van der Waals surface area contributed by atoms with E-state index in [0.29, 0.717) is 0 Å². The Morgan fingerprint density at radius 3 is 0.565 bits per heavy atom. The Kier molecular flexibility index (Phi) is 93.7. The van der Waals surface area contributed by atoms with Crippen molar-refractivity contribution in [1.82, 2.24) is 0 Å². The van der Waals surface area contributed by atoms with Crippen LogP contribution < -0.4 is 0 Å². The van der Waals surface area contributed by atoms with Gasteiger partial charge in [-0.25, -0.2) is 0 Å². The Morgan fingerprint density at radius 1 is 0.522 bits per heavy atom. The second-order valence-corrected chi connectivity index (χ2v) is 4.82. The maximum absolute atomic E-state index is 8.06. The van der Waals surface area contributed by atoms with E-state index in [1.807, 2.05) is 0 Å². The summed E-state index contributed by atoms with van der Waals surface area (Å²) in [5.74, 6) is 0. The molecular weight excluding hydrogens is 336 g/mol. The summed E-state index contributed by atoms with van der Waals surface area (Å²) in [6.07, 6.45) is -0.667. The van der Waals surface area contributed by atoms with E-state index in [0.717, 1.165) is 0 Å². The van der Waals surface area contributed by atoms with Crippen LogP contribution in [0.1, 0.15) is 55.4 Å². The Labute approximate surface area is 158 Å². The van der Waals surface area contributed by atoms with Gasteiger partial charge >= 0.3 is 0 Å². The third kappa shape index (κ3) is 6160. The first kappa shape index (κ1) is 43.6. The predicted molar refractivity (Wildman–Crippen MR) is 94.8 cm³/mol. The number of hydrogen-bond acceptors (Lipinski definition) is 6. The molecule has 23 heavy (non-hydrogen) atoms. The molecule has 6 N–H and O–H groups in total. The van der Waals surface area contributed by atoms with Gasteiger partial charge in [-0.2, -0.15) is 0 Å². The summed E-state index contributed by atoms with van der Waals surface area (Å²) >= 11 is 0. The summed E-state index contributed by atoms with van der Waals surface area (Å²) < 4.78 is 0. The van der Waals surface area contributed by atoms with Crippen LogP contribution in [0.5, 0.6) is 0 Å². The maximum atomic E-state index is 8.06. The Bertz CT molecular complexity index is 96.7. The first-order valence-corrected chi connectivity index (χ1v) is 7.28. The van der Waals surface area contributed by atoms with Crippen molar-refractivity contribution in [3.8, 4) is 0 Å². The van der Waals surface area contributed by atoms with Crippen LogP contribution in [-0.2, 0) is 21.7 Å². The summed E-state index contributed by atoms with van der Waals surface area (Å²) in [7, 11) is 0. The number of aliphatic hydroxyl groups is 6. The van der Waals surface area contributed by atoms with Gasteiger partial charge in [0.2, 0.25) is 0 Å². The van der Waals surface area contributed by atoms with Gasteiger partial charge in [-0.3, -0.25) is 0 Å². The second kappa shape index (κ2) is 49.5. The summed E-state index contributed by atoms with van der Waals surface area (Å²) in [5, 5.41) is 47.5. The molecule has 0 aliphatic heterocycles. The van der Waals surface area contributed by atoms with E-state index in [1.54, 1.807) is 55.4 Å². The average molecular weight is 378 g/mol. The van der Waals surface area contributed by atoms with E-state index in [1.165, 1.54) is 0 Å². The molecule has 0 bridgehead atoms. The minimum Gasteiger partial charge on any atom is -0.394 e. The molecule has 0 spiro atoms. The minimum absolute atomic E-state index is 0. The largest absolute Gasteiger partial charge is 0.394 e. The van der Waals surface area contributed by atoms with Gasteiger partial charge in [0, 0.05) is 46.1 Å². The van der Waals surface area contributed by atoms with Gasteiger partial charge in [0.15, 0.2) is 0 Å². The molecule has 0 radical (unpaired) electrons. The zero-order valence-electron chi connectivity index (χ0n) is 16.3. The van der Waals surface area contributed by atoms with E-state index >= 15 is 0 Å². The molecule has 0 rings (SSSR count). The van der Waals surface area contributed by atoms with Crippen molar-refractivity contribution in [2.45, 2.75) is 79.8 Å². The molecule has 0 saturated heterocycles. The summed E-state index contributed by atoms with van der Waals surface area (Å²) in [6, 6.07) is 0. The first-order chi connectivity index (χ1) is 9.84. The Hall–Kier alpha value is 0.214. The molecule has 0 aromatic rings. The third-order valence-corrected chi connectivity index (χ3v) is 0.1000. The molecule has 0 aliphatic carbocycles. The molecule has 0 fully saturated rings. The van der Waals surface area contributed by atoms with E-state index in [-0.39, 0.29) is 59.3 Å². The van der Waals surface area contributed by atoms with Gasteiger partial charge in [0.1, 0.15) is 0 Å². The number of rotatable bonds is 1. The summed E-state index contributed by atoms with van der Waals surface area (Å²) in [4.78, 5) is 0. The number of hydrogen-bond donors (Lipinski definition) is 6. The van der Waals surface area contributed by atoms with Gasteiger partial charge in [-0.05, 0) is 55.4 Å². The molecule has 7 heteroatoms. The van der Waals surface area contributed by atoms with Crippen LogP contribution in [0.15, 0.2) is 13.2 Å². The van der Waals surface area contributed by atoms with E-state index in [4.69, 9.17) is 30.6 Å². The van der Waals surface area contributed by atoms with Crippen LogP contribution in [0.25, 0.3) is 0 Å². The maximum Gasteiger partial charge on any atom is 0.0662 e. The third-order valence-electron chi connectivity index (χ3n) is 0.1000. The van der Waals surface area contributed by atoms with Crippen LogP contribution in [0.2, 0.25) is 0 Å². The molecular formula is C16H42O6Ti. The smallest absolute Gasteiger partial charge is 0.0662 e. The molecule has 146 valence electrons. The van der Waals surface area contributed by atoms with Crippen LogP contribution in [0, 0.1) is 0 Å². The zero-order chi connectivity index (χ0) is 19.7. The van der Waals surface area contributed by atoms with E-state index < -0.39 is 0 Å². The fourth-order valence-electron chi connectivity index (χ4n) is 0. The fourth-order valence-corrected chi connectivity index (χ4v) is 0. The van der Waals surface area contributed by atoms with Crippen molar-refractivity contribution in [3.05, 3.63) is 13.2 Å². The molecule has 0 aliphatic rings. The molecule has 0 unspecified atom stereocenters. The van der Waals surface area contributed by atoms with Crippen LogP contribution in [0.4, 0.5) is 0 Å². The number of aliphatic hydroxyl groups excluding tert-OH is 6. The summed E-state index contributed by atoms with van der Waals surface area (Å²) in [5.41, 5.74) is 0. The quantitative estimate of drug-likeness (QED) is 0.302. The molecule has 0 saturated carbocycles. The van der Waals surface area contributed by atoms with Crippen molar-refractivity contribution < 1.29 is 52.4 Å². The molecule has 0 aromatic carbocycles. The topological polar surface area (TPSA) is 121 Å². The molecule has 6 nitrogen and oxygen atoms in total. The van der Waals surface area contributed by atoms with Crippen molar-refractivity contribution in [2.24, 2.45) is 0 Å². The van der Waals surface area contributed by atoms with Gasteiger partial charge in [0.25, 0.3) is 0 Å². The standard InChI is InChI=1S/4C3H8O.C2H6O2.C2H4.Ti/c4*1-3(2)4;3-1-2-4;1-2;/h4*3-4H,1-2H3;3-4H,1-2H2;1-2H2;. The van der Waals surface area contributed by atoms with Crippen molar-refractivity contribution >= 4 is 0 Å². The fraction of sp³-hybridized carbons (Fsp3) is 0.875. The minimum atomic E-state index is -0.167. The predicted octanol–water partition coefficient (Wildman–Crippen LogP) is 1.32. The molecule has 0 amide bonds. The van der Waals surface area contributed by atoms with Crippen molar-refractivity contribution in [1.29, 1.82) is 0 Å². The van der Waals surface area contributed by atoms with E-state index in [2.05, 4.69) is 13.2 Å².